The van der Waals surface area contributed by atoms with E-state index in [4.69, 9.17) is 5.73 Å². The van der Waals surface area contributed by atoms with Gasteiger partial charge >= 0.3 is 0 Å². The molecular formula is C14H23N7O. The number of imidazole rings is 1. The quantitative estimate of drug-likeness (QED) is 0.706. The molecule has 2 aromatic heterocycles. The monoisotopic (exact) mass is 305 g/mol. The fourth-order valence-corrected chi connectivity index (χ4v) is 2.12. The molecule has 2 rings (SSSR count). The Morgan fingerprint density at radius 1 is 1.45 bits per heavy atom. The van der Waals surface area contributed by atoms with Gasteiger partial charge in [0.05, 0.1) is 18.4 Å². The van der Waals surface area contributed by atoms with Crippen LogP contribution in [0.5, 0.6) is 0 Å². The summed E-state index contributed by atoms with van der Waals surface area (Å²) in [5, 5.41) is 3.01. The molecule has 4 N–H and O–H groups in total. The molecule has 0 aromatic carbocycles. The van der Waals surface area contributed by atoms with E-state index < -0.39 is 5.54 Å². The number of H-pyrrole nitrogens is 1. The van der Waals surface area contributed by atoms with Crippen LogP contribution >= 0.6 is 0 Å². The minimum atomic E-state index is -0.424. The number of fused-ring (bicyclic) bond motifs is 1. The molecule has 8 heteroatoms. The maximum atomic E-state index is 12.3. The highest BCUT2D eigenvalue weighted by Crippen LogP contribution is 2.18. The Morgan fingerprint density at radius 2 is 2.18 bits per heavy atom. The van der Waals surface area contributed by atoms with E-state index in [-0.39, 0.29) is 18.4 Å². The maximum absolute atomic E-state index is 12.3. The normalized spacial score (nSPS) is 14.1. The van der Waals surface area contributed by atoms with Gasteiger partial charge in [0, 0.05) is 13.6 Å². The van der Waals surface area contributed by atoms with Crippen molar-refractivity contribution in [3.8, 4) is 0 Å². The van der Waals surface area contributed by atoms with Crippen molar-refractivity contribution >= 4 is 22.9 Å². The van der Waals surface area contributed by atoms with Crippen LogP contribution in [-0.4, -0.2) is 51.5 Å². The zero-order valence-electron chi connectivity index (χ0n) is 13.4. The highest BCUT2D eigenvalue weighted by Gasteiger charge is 2.29. The molecule has 0 aliphatic rings. The van der Waals surface area contributed by atoms with E-state index in [1.165, 1.54) is 6.33 Å². The van der Waals surface area contributed by atoms with Crippen molar-refractivity contribution in [1.82, 2.24) is 25.3 Å². The minimum Gasteiger partial charge on any atom is -0.348 e. The van der Waals surface area contributed by atoms with Crippen LogP contribution in [0.4, 0.5) is 5.82 Å². The summed E-state index contributed by atoms with van der Waals surface area (Å²) < 4.78 is 0. The van der Waals surface area contributed by atoms with Crippen molar-refractivity contribution in [3.63, 3.8) is 0 Å². The number of hydrogen-bond donors (Lipinski definition) is 3. The molecule has 0 saturated carbocycles. The summed E-state index contributed by atoms with van der Waals surface area (Å²) in [5.74, 6) is 0.775. The standard InChI is InChI=1S/C14H23N7O/c1-9(2)14(3,6-15)20-10(22)5-21(4)13-11-12(17-7-16-11)18-8-19-13/h7-9H,5-6,15H2,1-4H3,(H,20,22)(H,16,17,18,19). The Labute approximate surface area is 129 Å². The molecule has 1 unspecified atom stereocenters. The first kappa shape index (κ1) is 16.2. The molecular weight excluding hydrogens is 282 g/mol. The number of nitrogens with zero attached hydrogens (tertiary/aromatic N) is 4. The van der Waals surface area contributed by atoms with E-state index in [2.05, 4.69) is 25.3 Å². The molecule has 2 heterocycles. The number of rotatable bonds is 6. The van der Waals surface area contributed by atoms with Crippen molar-refractivity contribution in [1.29, 1.82) is 0 Å². The van der Waals surface area contributed by atoms with Crippen molar-refractivity contribution in [2.45, 2.75) is 26.3 Å². The lowest BCUT2D eigenvalue weighted by atomic mass is 9.88. The lowest BCUT2D eigenvalue weighted by molar-refractivity contribution is -0.121. The van der Waals surface area contributed by atoms with Gasteiger partial charge in [-0.3, -0.25) is 4.79 Å². The molecule has 22 heavy (non-hydrogen) atoms. The van der Waals surface area contributed by atoms with Crippen molar-refractivity contribution in [3.05, 3.63) is 12.7 Å². The lowest BCUT2D eigenvalue weighted by Crippen LogP contribution is -2.56. The van der Waals surface area contributed by atoms with Crippen LogP contribution in [-0.2, 0) is 4.79 Å². The zero-order chi connectivity index (χ0) is 16.3. The number of hydrogen-bond acceptors (Lipinski definition) is 6. The number of aromatic nitrogens is 4. The van der Waals surface area contributed by atoms with Crippen LogP contribution in [0, 0.1) is 5.92 Å². The predicted molar refractivity (Wildman–Crippen MR) is 85.4 cm³/mol. The van der Waals surface area contributed by atoms with Gasteiger partial charge in [-0.2, -0.15) is 0 Å². The largest absolute Gasteiger partial charge is 0.348 e. The van der Waals surface area contributed by atoms with Crippen molar-refractivity contribution in [2.75, 3.05) is 25.0 Å². The minimum absolute atomic E-state index is 0.101. The Hall–Kier alpha value is -2.22. The van der Waals surface area contributed by atoms with Gasteiger partial charge in [-0.15, -0.1) is 0 Å². The van der Waals surface area contributed by atoms with Crippen LogP contribution in [0.3, 0.4) is 0 Å². The van der Waals surface area contributed by atoms with Crippen molar-refractivity contribution < 1.29 is 4.79 Å². The van der Waals surface area contributed by atoms with Crippen LogP contribution in [0.2, 0.25) is 0 Å². The Bertz CT molecular complexity index is 653. The molecule has 0 fully saturated rings. The first-order chi connectivity index (χ1) is 10.4. The van der Waals surface area contributed by atoms with Crippen LogP contribution < -0.4 is 16.0 Å². The average molecular weight is 305 g/mol. The van der Waals surface area contributed by atoms with E-state index in [1.807, 2.05) is 20.8 Å². The summed E-state index contributed by atoms with van der Waals surface area (Å²) >= 11 is 0. The summed E-state index contributed by atoms with van der Waals surface area (Å²) in [6.45, 7) is 6.59. The highest BCUT2D eigenvalue weighted by atomic mass is 16.2. The van der Waals surface area contributed by atoms with Gasteiger partial charge in [0.15, 0.2) is 11.5 Å². The second-order valence-corrected chi connectivity index (χ2v) is 5.98. The molecule has 0 saturated heterocycles. The Balaban J connectivity index is 2.10. The van der Waals surface area contributed by atoms with E-state index in [9.17, 15) is 4.79 Å². The Morgan fingerprint density at radius 3 is 2.82 bits per heavy atom. The molecule has 0 aliphatic carbocycles. The van der Waals surface area contributed by atoms with Gasteiger partial charge in [0.1, 0.15) is 11.8 Å². The van der Waals surface area contributed by atoms with Crippen LogP contribution in [0.25, 0.3) is 11.2 Å². The van der Waals surface area contributed by atoms with Gasteiger partial charge in [0.2, 0.25) is 5.91 Å². The summed E-state index contributed by atoms with van der Waals surface area (Å²) in [6, 6.07) is 0. The Kier molecular flexibility index (Phi) is 4.60. The van der Waals surface area contributed by atoms with E-state index >= 15 is 0 Å². The van der Waals surface area contributed by atoms with E-state index in [0.717, 1.165) is 0 Å². The first-order valence-electron chi connectivity index (χ1n) is 7.23. The van der Waals surface area contributed by atoms with Crippen molar-refractivity contribution in [2.24, 2.45) is 11.7 Å². The van der Waals surface area contributed by atoms with Crippen LogP contribution in [0.1, 0.15) is 20.8 Å². The average Bonchev–Trinajstić information content (AvgIpc) is 2.94. The van der Waals surface area contributed by atoms with Gasteiger partial charge in [0.25, 0.3) is 0 Å². The van der Waals surface area contributed by atoms with Gasteiger partial charge < -0.3 is 20.9 Å². The molecule has 0 aliphatic heterocycles. The number of carbonyl (C=O) groups is 1. The molecule has 0 spiro atoms. The predicted octanol–water partition coefficient (Wildman–Crippen LogP) is 0.279. The fourth-order valence-electron chi connectivity index (χ4n) is 2.12. The molecule has 1 amide bonds. The highest BCUT2D eigenvalue weighted by molar-refractivity contribution is 5.87. The molecule has 120 valence electrons. The molecule has 1 atom stereocenters. The SMILES string of the molecule is CC(C)C(C)(CN)NC(=O)CN(C)c1ncnc2nc[nH]c12. The number of aromatic amines is 1. The topological polar surface area (TPSA) is 113 Å². The number of carbonyl (C=O) groups excluding carboxylic acids is 1. The van der Waals surface area contributed by atoms with Gasteiger partial charge in [-0.25, -0.2) is 15.0 Å². The summed E-state index contributed by atoms with van der Waals surface area (Å²) in [4.78, 5) is 29.4. The zero-order valence-corrected chi connectivity index (χ0v) is 13.4. The molecule has 2 aromatic rings. The molecule has 8 nitrogen and oxygen atoms in total. The third-order valence-corrected chi connectivity index (χ3v) is 4.07. The third-order valence-electron chi connectivity index (χ3n) is 4.07. The smallest absolute Gasteiger partial charge is 0.240 e. The number of amides is 1. The van der Waals surface area contributed by atoms with E-state index in [0.29, 0.717) is 23.5 Å². The van der Waals surface area contributed by atoms with E-state index in [1.54, 1.807) is 18.3 Å². The summed E-state index contributed by atoms with van der Waals surface area (Å²) in [6.07, 6.45) is 2.99. The number of anilines is 1. The first-order valence-corrected chi connectivity index (χ1v) is 7.23. The second kappa shape index (κ2) is 6.27. The number of likely N-dealkylation sites (N-methyl/N-ethyl adjacent to an activating group) is 1. The number of nitrogens with two attached hydrogens (primary N) is 1. The molecule has 0 bridgehead atoms. The second-order valence-electron chi connectivity index (χ2n) is 5.98. The molecule has 0 radical (unpaired) electrons. The lowest BCUT2D eigenvalue weighted by Gasteiger charge is -2.34. The van der Waals surface area contributed by atoms with Gasteiger partial charge in [-0.1, -0.05) is 13.8 Å². The summed E-state index contributed by atoms with van der Waals surface area (Å²) in [7, 11) is 1.80. The number of nitrogens with one attached hydrogen (secondary N) is 2. The van der Waals surface area contributed by atoms with Gasteiger partial charge in [-0.05, 0) is 12.8 Å². The summed E-state index contributed by atoms with van der Waals surface area (Å²) in [5.41, 5.74) is 6.66. The third kappa shape index (κ3) is 3.16. The fraction of sp³-hybridized carbons (Fsp3) is 0.571. The van der Waals surface area contributed by atoms with Crippen LogP contribution in [0.15, 0.2) is 12.7 Å². The maximum Gasteiger partial charge on any atom is 0.240 e.